The SMILES string of the molecule is CC(C)Nc1ccc(N)c2cnccc12. The molecule has 15 heavy (non-hydrogen) atoms. The van der Waals surface area contributed by atoms with Gasteiger partial charge in [0.2, 0.25) is 0 Å². The number of hydrogen-bond acceptors (Lipinski definition) is 3. The molecule has 0 radical (unpaired) electrons. The fourth-order valence-electron chi connectivity index (χ4n) is 1.65. The van der Waals surface area contributed by atoms with Crippen molar-refractivity contribution in [1.82, 2.24) is 4.98 Å². The Hall–Kier alpha value is -1.77. The first-order chi connectivity index (χ1) is 7.18. The van der Waals surface area contributed by atoms with E-state index in [0.717, 1.165) is 22.1 Å². The van der Waals surface area contributed by atoms with E-state index in [-0.39, 0.29) is 0 Å². The fourth-order valence-corrected chi connectivity index (χ4v) is 1.65. The molecule has 0 amide bonds. The van der Waals surface area contributed by atoms with Crippen LogP contribution in [-0.2, 0) is 0 Å². The third-order valence-electron chi connectivity index (χ3n) is 2.30. The molecule has 0 aliphatic heterocycles. The third-order valence-corrected chi connectivity index (χ3v) is 2.30. The summed E-state index contributed by atoms with van der Waals surface area (Å²) in [5.74, 6) is 0. The molecule has 3 N–H and O–H groups in total. The number of hydrogen-bond donors (Lipinski definition) is 2. The van der Waals surface area contributed by atoms with Gasteiger partial charge in [-0.15, -0.1) is 0 Å². The van der Waals surface area contributed by atoms with Crippen LogP contribution in [0.25, 0.3) is 10.8 Å². The van der Waals surface area contributed by atoms with Gasteiger partial charge in [0.15, 0.2) is 0 Å². The molecule has 1 heterocycles. The molecular weight excluding hydrogens is 186 g/mol. The topological polar surface area (TPSA) is 50.9 Å². The fraction of sp³-hybridized carbons (Fsp3) is 0.250. The predicted molar refractivity (Wildman–Crippen MR) is 64.9 cm³/mol. The molecule has 0 atom stereocenters. The van der Waals surface area contributed by atoms with E-state index in [1.165, 1.54) is 0 Å². The number of nitrogens with two attached hydrogens (primary N) is 1. The first kappa shape index (κ1) is 9.77. The number of nitrogen functional groups attached to an aromatic ring is 1. The van der Waals surface area contributed by atoms with Crippen LogP contribution >= 0.6 is 0 Å². The molecule has 0 unspecified atom stereocenters. The van der Waals surface area contributed by atoms with Gasteiger partial charge in [-0.05, 0) is 32.0 Å². The van der Waals surface area contributed by atoms with Gasteiger partial charge in [0.1, 0.15) is 0 Å². The zero-order valence-electron chi connectivity index (χ0n) is 8.99. The van der Waals surface area contributed by atoms with Crippen molar-refractivity contribution < 1.29 is 0 Å². The highest BCUT2D eigenvalue weighted by Crippen LogP contribution is 2.27. The second kappa shape index (κ2) is 3.77. The zero-order valence-corrected chi connectivity index (χ0v) is 8.99. The highest BCUT2D eigenvalue weighted by atomic mass is 14.9. The summed E-state index contributed by atoms with van der Waals surface area (Å²) in [6.45, 7) is 4.23. The maximum atomic E-state index is 5.89. The monoisotopic (exact) mass is 201 g/mol. The molecule has 2 aromatic rings. The van der Waals surface area contributed by atoms with E-state index in [0.29, 0.717) is 6.04 Å². The lowest BCUT2D eigenvalue weighted by Gasteiger charge is -2.13. The lowest BCUT2D eigenvalue weighted by atomic mass is 10.1. The second-order valence-corrected chi connectivity index (χ2v) is 3.92. The van der Waals surface area contributed by atoms with Crippen molar-refractivity contribution in [3.05, 3.63) is 30.6 Å². The predicted octanol–water partition coefficient (Wildman–Crippen LogP) is 2.64. The number of anilines is 2. The summed E-state index contributed by atoms with van der Waals surface area (Å²) in [4.78, 5) is 4.09. The van der Waals surface area contributed by atoms with E-state index in [1.54, 1.807) is 12.4 Å². The Labute approximate surface area is 89.3 Å². The minimum absolute atomic E-state index is 0.407. The summed E-state index contributed by atoms with van der Waals surface area (Å²) in [6, 6.07) is 6.31. The summed E-state index contributed by atoms with van der Waals surface area (Å²) in [5.41, 5.74) is 7.77. The normalized spacial score (nSPS) is 10.9. The van der Waals surface area contributed by atoms with E-state index >= 15 is 0 Å². The van der Waals surface area contributed by atoms with E-state index in [1.807, 2.05) is 18.2 Å². The van der Waals surface area contributed by atoms with Gasteiger partial charge in [-0.3, -0.25) is 4.98 Å². The first-order valence-corrected chi connectivity index (χ1v) is 5.07. The Bertz CT molecular complexity index is 477. The molecule has 1 aromatic heterocycles. The smallest absolute Gasteiger partial charge is 0.0424 e. The van der Waals surface area contributed by atoms with Gasteiger partial charge in [-0.25, -0.2) is 0 Å². The van der Waals surface area contributed by atoms with Crippen LogP contribution in [0.3, 0.4) is 0 Å². The highest BCUT2D eigenvalue weighted by Gasteiger charge is 2.04. The lowest BCUT2D eigenvalue weighted by molar-refractivity contribution is 0.902. The summed E-state index contributed by atoms with van der Waals surface area (Å²) in [6.07, 6.45) is 3.59. The van der Waals surface area contributed by atoms with Crippen molar-refractivity contribution in [2.75, 3.05) is 11.1 Å². The molecule has 0 saturated carbocycles. The Kier molecular flexibility index (Phi) is 2.46. The van der Waals surface area contributed by atoms with Crippen LogP contribution in [0, 0.1) is 0 Å². The molecule has 3 nitrogen and oxygen atoms in total. The number of fused-ring (bicyclic) bond motifs is 1. The van der Waals surface area contributed by atoms with Gasteiger partial charge in [0.05, 0.1) is 0 Å². The molecule has 0 aliphatic carbocycles. The van der Waals surface area contributed by atoms with Gasteiger partial charge >= 0.3 is 0 Å². The maximum absolute atomic E-state index is 5.89. The molecule has 0 saturated heterocycles. The lowest BCUT2D eigenvalue weighted by Crippen LogP contribution is -2.10. The average molecular weight is 201 g/mol. The minimum atomic E-state index is 0.407. The Morgan fingerprint density at radius 2 is 2.00 bits per heavy atom. The molecule has 0 bridgehead atoms. The van der Waals surface area contributed by atoms with Crippen molar-refractivity contribution in [2.24, 2.45) is 0 Å². The van der Waals surface area contributed by atoms with Gasteiger partial charge < -0.3 is 11.1 Å². The van der Waals surface area contributed by atoms with Crippen LogP contribution in [0.4, 0.5) is 11.4 Å². The quantitative estimate of drug-likeness (QED) is 0.734. The Morgan fingerprint density at radius 3 is 2.73 bits per heavy atom. The Morgan fingerprint density at radius 1 is 1.20 bits per heavy atom. The molecule has 0 fully saturated rings. The van der Waals surface area contributed by atoms with Crippen molar-refractivity contribution >= 4 is 22.1 Å². The Balaban J connectivity index is 2.61. The molecule has 2 rings (SSSR count). The van der Waals surface area contributed by atoms with Gasteiger partial charge in [-0.2, -0.15) is 0 Å². The van der Waals surface area contributed by atoms with Crippen molar-refractivity contribution in [2.45, 2.75) is 19.9 Å². The van der Waals surface area contributed by atoms with Crippen molar-refractivity contribution in [3.8, 4) is 0 Å². The van der Waals surface area contributed by atoms with Crippen LogP contribution in [0.1, 0.15) is 13.8 Å². The number of nitrogens with one attached hydrogen (secondary N) is 1. The molecule has 1 aromatic carbocycles. The summed E-state index contributed by atoms with van der Waals surface area (Å²) < 4.78 is 0. The van der Waals surface area contributed by atoms with Crippen molar-refractivity contribution in [1.29, 1.82) is 0 Å². The van der Waals surface area contributed by atoms with E-state index in [4.69, 9.17) is 5.73 Å². The molecule has 0 aliphatic rings. The van der Waals surface area contributed by atoms with Crippen LogP contribution in [0.2, 0.25) is 0 Å². The molecule has 78 valence electrons. The number of pyridine rings is 1. The van der Waals surface area contributed by atoms with Gasteiger partial charge in [0.25, 0.3) is 0 Å². The number of aromatic nitrogens is 1. The number of benzene rings is 1. The molecule has 3 heteroatoms. The minimum Gasteiger partial charge on any atom is -0.398 e. The van der Waals surface area contributed by atoms with Crippen LogP contribution in [0.15, 0.2) is 30.6 Å². The van der Waals surface area contributed by atoms with E-state index in [9.17, 15) is 0 Å². The van der Waals surface area contributed by atoms with Crippen LogP contribution in [-0.4, -0.2) is 11.0 Å². The van der Waals surface area contributed by atoms with Crippen molar-refractivity contribution in [3.63, 3.8) is 0 Å². The average Bonchev–Trinajstić information content (AvgIpc) is 2.22. The summed E-state index contributed by atoms with van der Waals surface area (Å²) in [5, 5.41) is 5.52. The number of nitrogens with zero attached hydrogens (tertiary/aromatic N) is 1. The van der Waals surface area contributed by atoms with Crippen LogP contribution in [0.5, 0.6) is 0 Å². The third kappa shape index (κ3) is 1.86. The highest BCUT2D eigenvalue weighted by molar-refractivity contribution is 6.00. The standard InChI is InChI=1S/C12H15N3/c1-8(2)15-12-4-3-11(13)10-7-14-6-5-9(10)12/h3-8,15H,13H2,1-2H3. The number of rotatable bonds is 2. The van der Waals surface area contributed by atoms with Gasteiger partial charge in [-0.1, -0.05) is 0 Å². The molecule has 0 spiro atoms. The summed E-state index contributed by atoms with van der Waals surface area (Å²) >= 11 is 0. The van der Waals surface area contributed by atoms with Crippen LogP contribution < -0.4 is 11.1 Å². The van der Waals surface area contributed by atoms with E-state index < -0.39 is 0 Å². The van der Waals surface area contributed by atoms with Gasteiger partial charge in [0, 0.05) is 40.6 Å². The van der Waals surface area contributed by atoms with E-state index in [2.05, 4.69) is 24.1 Å². The summed E-state index contributed by atoms with van der Waals surface area (Å²) in [7, 11) is 0. The largest absolute Gasteiger partial charge is 0.398 e. The maximum Gasteiger partial charge on any atom is 0.0424 e. The zero-order chi connectivity index (χ0) is 10.8. The first-order valence-electron chi connectivity index (χ1n) is 5.07. The second-order valence-electron chi connectivity index (χ2n) is 3.92. The molecular formula is C12H15N3.